The van der Waals surface area contributed by atoms with Crippen LogP contribution in [0.5, 0.6) is 0 Å². The standard InChI is InChI=1S/C15H17N3O4S/c1-9(19)16-7-10-4-5-12(22-10)11-8-23-15(17-11)18-14(20)13-3-2-6-21-13/h4-5,8,13H,2-3,6-7H2,1H3,(H,16,19)(H,17,18,20)/t13-/m1/s1. The number of aromatic nitrogens is 1. The number of anilines is 1. The summed E-state index contributed by atoms with van der Waals surface area (Å²) in [6, 6.07) is 3.58. The van der Waals surface area contributed by atoms with Crippen LogP contribution in [0.15, 0.2) is 21.9 Å². The van der Waals surface area contributed by atoms with Crippen LogP contribution in [0.25, 0.3) is 11.5 Å². The van der Waals surface area contributed by atoms with Crippen LogP contribution in [0.1, 0.15) is 25.5 Å². The molecule has 2 aromatic rings. The fourth-order valence-corrected chi connectivity index (χ4v) is 2.94. The topological polar surface area (TPSA) is 93.5 Å². The highest BCUT2D eigenvalue weighted by Gasteiger charge is 2.24. The summed E-state index contributed by atoms with van der Waals surface area (Å²) in [5, 5.41) is 7.76. The van der Waals surface area contributed by atoms with Crippen LogP contribution < -0.4 is 10.6 Å². The van der Waals surface area contributed by atoms with Crippen molar-refractivity contribution in [2.45, 2.75) is 32.4 Å². The van der Waals surface area contributed by atoms with E-state index < -0.39 is 0 Å². The molecule has 2 N–H and O–H groups in total. The normalized spacial score (nSPS) is 17.2. The van der Waals surface area contributed by atoms with Gasteiger partial charge in [-0.25, -0.2) is 4.98 Å². The molecule has 23 heavy (non-hydrogen) atoms. The van der Waals surface area contributed by atoms with Crippen LogP contribution in [0.2, 0.25) is 0 Å². The third kappa shape index (κ3) is 3.96. The molecule has 2 aromatic heterocycles. The van der Waals surface area contributed by atoms with Crippen molar-refractivity contribution in [3.05, 3.63) is 23.3 Å². The second-order valence-electron chi connectivity index (χ2n) is 5.20. The lowest BCUT2D eigenvalue weighted by atomic mass is 10.2. The lowest BCUT2D eigenvalue weighted by molar-refractivity contribution is -0.124. The number of nitrogens with zero attached hydrogens (tertiary/aromatic N) is 1. The monoisotopic (exact) mass is 335 g/mol. The third-order valence-electron chi connectivity index (χ3n) is 3.38. The number of nitrogens with one attached hydrogen (secondary N) is 2. The number of amides is 2. The predicted octanol–water partition coefficient (Wildman–Crippen LogP) is 2.16. The average molecular weight is 335 g/mol. The smallest absolute Gasteiger partial charge is 0.255 e. The number of rotatable bonds is 5. The van der Waals surface area contributed by atoms with Gasteiger partial charge in [0.2, 0.25) is 5.91 Å². The molecule has 0 aliphatic carbocycles. The van der Waals surface area contributed by atoms with Gasteiger partial charge in [0.05, 0.1) is 6.54 Å². The van der Waals surface area contributed by atoms with Crippen molar-refractivity contribution in [3.8, 4) is 11.5 Å². The molecular weight excluding hydrogens is 318 g/mol. The Kier molecular flexibility index (Phi) is 4.73. The number of carbonyl (C=O) groups is 2. The first-order valence-electron chi connectivity index (χ1n) is 7.33. The summed E-state index contributed by atoms with van der Waals surface area (Å²) in [5.74, 6) is 0.970. The number of carbonyl (C=O) groups excluding carboxylic acids is 2. The quantitative estimate of drug-likeness (QED) is 0.873. The molecule has 1 aliphatic rings. The van der Waals surface area contributed by atoms with Gasteiger partial charge in [-0.1, -0.05) is 0 Å². The van der Waals surface area contributed by atoms with Gasteiger partial charge in [-0.3, -0.25) is 14.9 Å². The first kappa shape index (κ1) is 15.7. The Morgan fingerprint density at radius 1 is 1.43 bits per heavy atom. The van der Waals surface area contributed by atoms with Crippen LogP contribution in [0.3, 0.4) is 0 Å². The van der Waals surface area contributed by atoms with Crippen molar-refractivity contribution in [2.24, 2.45) is 0 Å². The summed E-state index contributed by atoms with van der Waals surface area (Å²) in [5.41, 5.74) is 0.645. The van der Waals surface area contributed by atoms with Gasteiger partial charge >= 0.3 is 0 Å². The summed E-state index contributed by atoms with van der Waals surface area (Å²) in [4.78, 5) is 27.2. The SMILES string of the molecule is CC(=O)NCc1ccc(-c2csc(NC(=O)[C@H]3CCCO3)n2)o1. The van der Waals surface area contributed by atoms with E-state index in [1.165, 1.54) is 18.3 Å². The van der Waals surface area contributed by atoms with Crippen molar-refractivity contribution in [1.29, 1.82) is 0 Å². The second-order valence-corrected chi connectivity index (χ2v) is 6.06. The molecule has 0 bridgehead atoms. The fourth-order valence-electron chi connectivity index (χ4n) is 2.24. The molecule has 1 saturated heterocycles. The van der Waals surface area contributed by atoms with E-state index in [0.717, 1.165) is 12.8 Å². The van der Waals surface area contributed by atoms with E-state index in [9.17, 15) is 9.59 Å². The van der Waals surface area contributed by atoms with Gasteiger partial charge in [0.1, 0.15) is 17.6 Å². The first-order valence-corrected chi connectivity index (χ1v) is 8.21. The van der Waals surface area contributed by atoms with E-state index >= 15 is 0 Å². The Bertz CT molecular complexity index is 703. The molecule has 122 valence electrons. The maximum atomic E-state index is 12.0. The van der Waals surface area contributed by atoms with Crippen molar-refractivity contribution in [2.75, 3.05) is 11.9 Å². The summed E-state index contributed by atoms with van der Waals surface area (Å²) in [6.45, 7) is 2.42. The molecule has 7 nitrogen and oxygen atoms in total. The lowest BCUT2D eigenvalue weighted by Gasteiger charge is -2.07. The number of furan rings is 1. The summed E-state index contributed by atoms with van der Waals surface area (Å²) in [6.07, 6.45) is 1.27. The van der Waals surface area contributed by atoms with Gasteiger partial charge in [-0.05, 0) is 25.0 Å². The van der Waals surface area contributed by atoms with E-state index in [2.05, 4.69) is 15.6 Å². The molecule has 1 atom stereocenters. The third-order valence-corrected chi connectivity index (χ3v) is 4.14. The van der Waals surface area contributed by atoms with Crippen LogP contribution in [0, 0.1) is 0 Å². The Balaban J connectivity index is 1.62. The van der Waals surface area contributed by atoms with Crippen LogP contribution in [0.4, 0.5) is 5.13 Å². The first-order chi connectivity index (χ1) is 11.1. The molecule has 0 unspecified atom stereocenters. The zero-order chi connectivity index (χ0) is 16.2. The minimum absolute atomic E-state index is 0.115. The molecule has 2 amide bonds. The van der Waals surface area contributed by atoms with Crippen molar-refractivity contribution < 1.29 is 18.7 Å². The molecule has 0 aromatic carbocycles. The Morgan fingerprint density at radius 2 is 2.30 bits per heavy atom. The molecule has 1 aliphatic heterocycles. The van der Waals surface area contributed by atoms with Crippen LogP contribution in [-0.4, -0.2) is 29.5 Å². The lowest BCUT2D eigenvalue weighted by Crippen LogP contribution is -2.26. The summed E-state index contributed by atoms with van der Waals surface area (Å²) >= 11 is 1.33. The predicted molar refractivity (Wildman–Crippen MR) is 84.9 cm³/mol. The maximum Gasteiger partial charge on any atom is 0.255 e. The minimum Gasteiger partial charge on any atom is -0.458 e. The van der Waals surface area contributed by atoms with Gasteiger partial charge in [0, 0.05) is 18.9 Å². The molecule has 3 heterocycles. The molecule has 1 fully saturated rings. The van der Waals surface area contributed by atoms with Gasteiger partial charge in [0.15, 0.2) is 10.9 Å². The zero-order valence-electron chi connectivity index (χ0n) is 12.6. The molecule has 0 saturated carbocycles. The Hall–Kier alpha value is -2.19. The highest BCUT2D eigenvalue weighted by molar-refractivity contribution is 7.14. The largest absolute Gasteiger partial charge is 0.458 e. The fraction of sp³-hybridized carbons (Fsp3) is 0.400. The van der Waals surface area contributed by atoms with Gasteiger partial charge in [-0.15, -0.1) is 11.3 Å². The van der Waals surface area contributed by atoms with Gasteiger partial charge < -0.3 is 14.5 Å². The molecule has 0 radical (unpaired) electrons. The molecule has 8 heteroatoms. The van der Waals surface area contributed by atoms with Gasteiger partial charge in [0.25, 0.3) is 5.91 Å². The maximum absolute atomic E-state index is 12.0. The highest BCUT2D eigenvalue weighted by Crippen LogP contribution is 2.27. The number of ether oxygens (including phenoxy) is 1. The number of hydrogen-bond acceptors (Lipinski definition) is 6. The molecular formula is C15H17N3O4S. The van der Waals surface area contributed by atoms with Crippen molar-refractivity contribution >= 4 is 28.3 Å². The summed E-state index contributed by atoms with van der Waals surface area (Å²) < 4.78 is 11.0. The van der Waals surface area contributed by atoms with E-state index in [0.29, 0.717) is 35.5 Å². The minimum atomic E-state index is -0.379. The average Bonchev–Trinajstić information content (AvgIpc) is 3.25. The summed E-state index contributed by atoms with van der Waals surface area (Å²) in [7, 11) is 0. The van der Waals surface area contributed by atoms with Gasteiger partial charge in [-0.2, -0.15) is 0 Å². The zero-order valence-corrected chi connectivity index (χ0v) is 13.4. The Labute approximate surface area is 137 Å². The highest BCUT2D eigenvalue weighted by atomic mass is 32.1. The van der Waals surface area contributed by atoms with Crippen LogP contribution >= 0.6 is 11.3 Å². The number of hydrogen-bond donors (Lipinski definition) is 2. The van der Waals surface area contributed by atoms with E-state index in [4.69, 9.17) is 9.15 Å². The van der Waals surface area contributed by atoms with E-state index in [1.807, 2.05) is 5.38 Å². The molecule has 0 spiro atoms. The van der Waals surface area contributed by atoms with E-state index in [1.54, 1.807) is 12.1 Å². The second kappa shape index (κ2) is 6.93. The van der Waals surface area contributed by atoms with Crippen molar-refractivity contribution in [3.63, 3.8) is 0 Å². The Morgan fingerprint density at radius 3 is 3.04 bits per heavy atom. The number of thiazole rings is 1. The van der Waals surface area contributed by atoms with E-state index in [-0.39, 0.29) is 17.9 Å². The molecule has 3 rings (SSSR count). The van der Waals surface area contributed by atoms with Crippen molar-refractivity contribution in [1.82, 2.24) is 10.3 Å². The van der Waals surface area contributed by atoms with Crippen LogP contribution in [-0.2, 0) is 20.9 Å².